The van der Waals surface area contributed by atoms with Crippen LogP contribution in [0.4, 0.5) is 0 Å². The summed E-state index contributed by atoms with van der Waals surface area (Å²) in [6, 6.07) is 5.37. The van der Waals surface area contributed by atoms with Gasteiger partial charge in [-0.25, -0.2) is 0 Å². The second-order valence-corrected chi connectivity index (χ2v) is 5.11. The van der Waals surface area contributed by atoms with E-state index in [1.54, 1.807) is 16.8 Å². The highest BCUT2D eigenvalue weighted by Crippen LogP contribution is 2.32. The monoisotopic (exact) mass is 299 g/mol. The molecule has 0 fully saturated rings. The summed E-state index contributed by atoms with van der Waals surface area (Å²) in [7, 11) is 1.87. The van der Waals surface area contributed by atoms with Gasteiger partial charge >= 0.3 is 0 Å². The Morgan fingerprint density at radius 2 is 2.05 bits per heavy atom. The van der Waals surface area contributed by atoms with Crippen LogP contribution < -0.4 is 10.5 Å². The first-order chi connectivity index (χ1) is 9.01. The van der Waals surface area contributed by atoms with Crippen LogP contribution in [0.1, 0.15) is 17.0 Å². The number of nitrogens with zero attached hydrogens (tertiary/aromatic N) is 2. The molecule has 2 aromatic rings. The molecule has 4 nitrogen and oxygen atoms in total. The Morgan fingerprint density at radius 3 is 2.63 bits per heavy atom. The van der Waals surface area contributed by atoms with E-state index in [4.69, 9.17) is 33.7 Å². The predicted octanol–water partition coefficient (Wildman–Crippen LogP) is 3.07. The molecule has 2 N–H and O–H groups in total. The fourth-order valence-electron chi connectivity index (χ4n) is 1.87. The highest BCUT2D eigenvalue weighted by Gasteiger charge is 2.11. The molecule has 0 aliphatic rings. The molecule has 0 bridgehead atoms. The Kier molecular flexibility index (Phi) is 4.34. The van der Waals surface area contributed by atoms with Crippen molar-refractivity contribution in [1.82, 2.24) is 9.78 Å². The van der Waals surface area contributed by atoms with Crippen molar-refractivity contribution < 1.29 is 4.74 Å². The van der Waals surface area contributed by atoms with Gasteiger partial charge in [0.2, 0.25) is 0 Å². The fraction of sp³-hybridized carbons (Fsp3) is 0.308. The molecule has 1 heterocycles. The molecule has 1 aromatic carbocycles. The third-order valence-corrected chi connectivity index (χ3v) is 3.27. The van der Waals surface area contributed by atoms with Gasteiger partial charge in [-0.2, -0.15) is 5.10 Å². The van der Waals surface area contributed by atoms with Gasteiger partial charge in [-0.3, -0.25) is 4.68 Å². The molecule has 0 saturated heterocycles. The SMILES string of the molecule is Cc1cc(COc2c(Cl)cc(Cl)cc2CN)n(C)n1. The maximum Gasteiger partial charge on any atom is 0.143 e. The van der Waals surface area contributed by atoms with Gasteiger partial charge in [0.1, 0.15) is 12.4 Å². The minimum atomic E-state index is 0.319. The predicted molar refractivity (Wildman–Crippen MR) is 76.6 cm³/mol. The van der Waals surface area contributed by atoms with Crippen molar-refractivity contribution in [2.24, 2.45) is 12.8 Å². The molecule has 0 radical (unpaired) electrons. The third kappa shape index (κ3) is 3.21. The zero-order valence-corrected chi connectivity index (χ0v) is 12.3. The van der Waals surface area contributed by atoms with Gasteiger partial charge in [-0.1, -0.05) is 23.2 Å². The van der Waals surface area contributed by atoms with E-state index in [0.717, 1.165) is 17.0 Å². The van der Waals surface area contributed by atoms with Crippen molar-refractivity contribution in [1.29, 1.82) is 0 Å². The van der Waals surface area contributed by atoms with Crippen LogP contribution in [0.15, 0.2) is 18.2 Å². The fourth-order valence-corrected chi connectivity index (χ4v) is 2.46. The summed E-state index contributed by atoms with van der Waals surface area (Å²) in [4.78, 5) is 0. The van der Waals surface area contributed by atoms with E-state index >= 15 is 0 Å². The van der Waals surface area contributed by atoms with E-state index in [1.807, 2.05) is 20.0 Å². The number of aryl methyl sites for hydroxylation is 2. The Bertz CT molecular complexity index is 596. The summed E-state index contributed by atoms with van der Waals surface area (Å²) < 4.78 is 7.54. The molecule has 0 unspecified atom stereocenters. The van der Waals surface area contributed by atoms with Crippen LogP contribution in [0.3, 0.4) is 0 Å². The van der Waals surface area contributed by atoms with Crippen molar-refractivity contribution in [2.75, 3.05) is 0 Å². The van der Waals surface area contributed by atoms with Crippen LogP contribution in [-0.4, -0.2) is 9.78 Å². The van der Waals surface area contributed by atoms with Crippen LogP contribution in [0.5, 0.6) is 5.75 Å². The van der Waals surface area contributed by atoms with Crippen LogP contribution >= 0.6 is 23.2 Å². The largest absolute Gasteiger partial charge is 0.485 e. The van der Waals surface area contributed by atoms with Crippen LogP contribution in [0.25, 0.3) is 0 Å². The molecule has 1 aromatic heterocycles. The lowest BCUT2D eigenvalue weighted by molar-refractivity contribution is 0.292. The summed E-state index contributed by atoms with van der Waals surface area (Å²) >= 11 is 12.1. The van der Waals surface area contributed by atoms with E-state index < -0.39 is 0 Å². The number of halogens is 2. The third-order valence-electron chi connectivity index (χ3n) is 2.77. The summed E-state index contributed by atoms with van der Waals surface area (Å²) in [5, 5.41) is 5.28. The van der Waals surface area contributed by atoms with E-state index in [9.17, 15) is 0 Å². The van der Waals surface area contributed by atoms with Gasteiger partial charge in [0, 0.05) is 24.2 Å². The van der Waals surface area contributed by atoms with Gasteiger partial charge in [0.15, 0.2) is 0 Å². The Labute approximate surface area is 122 Å². The molecule has 0 saturated carbocycles. The zero-order valence-electron chi connectivity index (χ0n) is 10.8. The lowest BCUT2D eigenvalue weighted by Gasteiger charge is -2.12. The van der Waals surface area contributed by atoms with Crippen LogP contribution in [0, 0.1) is 6.92 Å². The number of aromatic nitrogens is 2. The normalized spacial score (nSPS) is 10.8. The molecular formula is C13H15Cl2N3O. The molecule has 2 rings (SSSR count). The Morgan fingerprint density at radius 1 is 1.32 bits per heavy atom. The average Bonchev–Trinajstić information content (AvgIpc) is 2.65. The minimum Gasteiger partial charge on any atom is -0.485 e. The number of nitrogens with two attached hydrogens (primary N) is 1. The lowest BCUT2D eigenvalue weighted by Crippen LogP contribution is -2.06. The van der Waals surface area contributed by atoms with E-state index in [-0.39, 0.29) is 0 Å². The van der Waals surface area contributed by atoms with Crippen molar-refractivity contribution >= 4 is 23.2 Å². The van der Waals surface area contributed by atoms with Gasteiger partial charge in [-0.05, 0) is 25.1 Å². The van der Waals surface area contributed by atoms with Crippen molar-refractivity contribution in [3.63, 3.8) is 0 Å². The molecule has 6 heteroatoms. The molecule has 0 aliphatic heterocycles. The second-order valence-electron chi connectivity index (χ2n) is 4.27. The molecule has 19 heavy (non-hydrogen) atoms. The van der Waals surface area contributed by atoms with Crippen molar-refractivity contribution in [2.45, 2.75) is 20.1 Å². The summed E-state index contributed by atoms with van der Waals surface area (Å²) in [5.41, 5.74) is 8.38. The number of hydrogen-bond donors (Lipinski definition) is 1. The molecular weight excluding hydrogens is 285 g/mol. The van der Waals surface area contributed by atoms with Gasteiger partial charge < -0.3 is 10.5 Å². The van der Waals surface area contributed by atoms with E-state index in [0.29, 0.717) is 28.9 Å². The van der Waals surface area contributed by atoms with Crippen molar-refractivity contribution in [3.8, 4) is 5.75 Å². The maximum absolute atomic E-state index is 6.14. The van der Waals surface area contributed by atoms with Crippen LogP contribution in [0.2, 0.25) is 10.0 Å². The lowest BCUT2D eigenvalue weighted by atomic mass is 10.2. The minimum absolute atomic E-state index is 0.319. The first-order valence-electron chi connectivity index (χ1n) is 5.81. The van der Waals surface area contributed by atoms with Gasteiger partial charge in [-0.15, -0.1) is 0 Å². The first-order valence-corrected chi connectivity index (χ1v) is 6.57. The molecule has 0 spiro atoms. The average molecular weight is 300 g/mol. The molecule has 102 valence electrons. The van der Waals surface area contributed by atoms with Crippen LogP contribution in [-0.2, 0) is 20.2 Å². The highest BCUT2D eigenvalue weighted by atomic mass is 35.5. The zero-order chi connectivity index (χ0) is 14.0. The summed E-state index contributed by atoms with van der Waals surface area (Å²) in [5.74, 6) is 0.576. The van der Waals surface area contributed by atoms with Gasteiger partial charge in [0.25, 0.3) is 0 Å². The number of benzene rings is 1. The summed E-state index contributed by atoms with van der Waals surface area (Å²) in [6.45, 7) is 2.63. The maximum atomic E-state index is 6.14. The first kappa shape index (κ1) is 14.2. The van der Waals surface area contributed by atoms with Gasteiger partial charge in [0.05, 0.1) is 16.4 Å². The van der Waals surface area contributed by atoms with E-state index in [1.165, 1.54) is 0 Å². The number of hydrogen-bond acceptors (Lipinski definition) is 3. The highest BCUT2D eigenvalue weighted by molar-refractivity contribution is 6.35. The Hall–Kier alpha value is -1.23. The van der Waals surface area contributed by atoms with E-state index in [2.05, 4.69) is 5.10 Å². The molecule has 0 atom stereocenters. The standard InChI is InChI=1S/C13H15Cl2N3O/c1-8-3-11(18(2)17-8)7-19-13-9(6-16)4-10(14)5-12(13)15/h3-5H,6-7,16H2,1-2H3. The Balaban J connectivity index is 2.22. The number of rotatable bonds is 4. The number of ether oxygens (including phenoxy) is 1. The summed E-state index contributed by atoms with van der Waals surface area (Å²) in [6.07, 6.45) is 0. The smallest absolute Gasteiger partial charge is 0.143 e. The molecule has 0 amide bonds. The molecule has 0 aliphatic carbocycles. The second kappa shape index (κ2) is 5.82. The quantitative estimate of drug-likeness (QED) is 0.944. The topological polar surface area (TPSA) is 53.1 Å². The van der Waals surface area contributed by atoms with Crippen molar-refractivity contribution in [3.05, 3.63) is 45.2 Å².